The summed E-state index contributed by atoms with van der Waals surface area (Å²) in [5, 5.41) is 0. The van der Waals surface area contributed by atoms with E-state index >= 15 is 0 Å². The van der Waals surface area contributed by atoms with Crippen molar-refractivity contribution in [1.82, 2.24) is 0 Å². The molecule has 2 rings (SSSR count). The Labute approximate surface area is 130 Å². The van der Waals surface area contributed by atoms with Crippen molar-refractivity contribution in [1.29, 1.82) is 0 Å². The van der Waals surface area contributed by atoms with Gasteiger partial charge >= 0.3 is 5.97 Å². The molecule has 0 amide bonds. The average molecular weight is 324 g/mol. The number of carbonyl (C=O) groups is 1. The van der Waals surface area contributed by atoms with Crippen molar-refractivity contribution < 1.29 is 22.7 Å². The zero-order valence-corrected chi connectivity index (χ0v) is 13.7. The number of allylic oxidation sites excluding steroid dienone is 1. The molecule has 0 aromatic heterocycles. The van der Waals surface area contributed by atoms with Crippen LogP contribution in [0.4, 0.5) is 0 Å². The van der Waals surface area contributed by atoms with Gasteiger partial charge in [0.05, 0.1) is 22.8 Å². The lowest BCUT2D eigenvalue weighted by Crippen LogP contribution is -2.28. The zero-order chi connectivity index (χ0) is 16.3. The molecule has 6 heteroatoms. The van der Waals surface area contributed by atoms with Gasteiger partial charge in [0.1, 0.15) is 11.9 Å². The van der Waals surface area contributed by atoms with Crippen LogP contribution in [0, 0.1) is 5.92 Å². The van der Waals surface area contributed by atoms with Crippen molar-refractivity contribution in [3.05, 3.63) is 41.7 Å². The first-order valence-corrected chi connectivity index (χ1v) is 8.84. The number of hydrogen-bond acceptors (Lipinski definition) is 5. The predicted molar refractivity (Wildman–Crippen MR) is 81.9 cm³/mol. The Bertz CT molecular complexity index is 676. The largest absolute Gasteiger partial charge is 0.493 e. The summed E-state index contributed by atoms with van der Waals surface area (Å²) in [5.74, 6) is -0.484. The second-order valence-corrected chi connectivity index (χ2v) is 7.26. The molecule has 0 N–H and O–H groups in total. The van der Waals surface area contributed by atoms with Gasteiger partial charge in [-0.05, 0) is 26.0 Å². The van der Waals surface area contributed by atoms with Gasteiger partial charge in [0.15, 0.2) is 9.84 Å². The molecule has 1 heterocycles. The highest BCUT2D eigenvalue weighted by Crippen LogP contribution is 2.33. The quantitative estimate of drug-likeness (QED) is 0.778. The van der Waals surface area contributed by atoms with Crippen LogP contribution in [0.25, 0.3) is 0 Å². The minimum absolute atomic E-state index is 0.168. The van der Waals surface area contributed by atoms with Gasteiger partial charge in [0, 0.05) is 5.92 Å². The molecule has 1 aliphatic heterocycles. The summed E-state index contributed by atoms with van der Waals surface area (Å²) in [7, 11) is -3.47. The average Bonchev–Trinajstić information content (AvgIpc) is 2.74. The van der Waals surface area contributed by atoms with Gasteiger partial charge in [0.2, 0.25) is 0 Å². The standard InChI is InChI=1S/C16H20O5S/c1-4-20-16(17)15-11(2)14(21-12(15)3)10-22(18,19)13-8-6-5-7-9-13/h5-9,11,14H,4,10H2,1-3H3/t11-,14-/m0/s1. The SMILES string of the molecule is CCOC(=O)C1=C(C)O[C@@H](CS(=O)(=O)c2ccccc2)[C@@H]1C. The second-order valence-electron chi connectivity index (χ2n) is 5.23. The Hall–Kier alpha value is -1.82. The van der Waals surface area contributed by atoms with Crippen molar-refractivity contribution in [2.45, 2.75) is 31.8 Å². The highest BCUT2D eigenvalue weighted by Gasteiger charge is 2.39. The summed E-state index contributed by atoms with van der Waals surface area (Å²) < 4.78 is 35.5. The lowest BCUT2D eigenvalue weighted by atomic mass is 9.98. The predicted octanol–water partition coefficient (Wildman–Crippen LogP) is 2.33. The van der Waals surface area contributed by atoms with Crippen molar-refractivity contribution in [2.75, 3.05) is 12.4 Å². The molecular weight excluding hydrogens is 304 g/mol. The Morgan fingerprint density at radius 2 is 1.91 bits per heavy atom. The first-order valence-electron chi connectivity index (χ1n) is 7.19. The van der Waals surface area contributed by atoms with Crippen molar-refractivity contribution >= 4 is 15.8 Å². The van der Waals surface area contributed by atoms with E-state index in [0.717, 1.165) is 0 Å². The molecule has 22 heavy (non-hydrogen) atoms. The van der Waals surface area contributed by atoms with Gasteiger partial charge in [-0.2, -0.15) is 0 Å². The molecule has 0 radical (unpaired) electrons. The number of sulfone groups is 1. The molecule has 1 aromatic rings. The summed E-state index contributed by atoms with van der Waals surface area (Å²) in [6.45, 7) is 5.45. The number of esters is 1. The van der Waals surface area contributed by atoms with E-state index in [4.69, 9.17) is 9.47 Å². The molecule has 5 nitrogen and oxygen atoms in total. The van der Waals surface area contributed by atoms with Gasteiger partial charge in [0.25, 0.3) is 0 Å². The van der Waals surface area contributed by atoms with Gasteiger partial charge in [-0.25, -0.2) is 13.2 Å². The lowest BCUT2D eigenvalue weighted by Gasteiger charge is -2.17. The van der Waals surface area contributed by atoms with Gasteiger partial charge in [-0.3, -0.25) is 0 Å². The molecule has 0 bridgehead atoms. The van der Waals surface area contributed by atoms with Crippen molar-refractivity contribution in [3.8, 4) is 0 Å². The second kappa shape index (κ2) is 6.52. The van der Waals surface area contributed by atoms with Crippen LogP contribution in [0.15, 0.2) is 46.6 Å². The van der Waals surface area contributed by atoms with Gasteiger partial charge in [-0.15, -0.1) is 0 Å². The Morgan fingerprint density at radius 1 is 1.27 bits per heavy atom. The summed E-state index contributed by atoms with van der Waals surface area (Å²) >= 11 is 0. The maximum absolute atomic E-state index is 12.4. The zero-order valence-electron chi connectivity index (χ0n) is 12.9. The van der Waals surface area contributed by atoms with Crippen molar-refractivity contribution in [3.63, 3.8) is 0 Å². The molecule has 1 aromatic carbocycles. The van der Waals surface area contributed by atoms with E-state index in [9.17, 15) is 13.2 Å². The molecule has 2 atom stereocenters. The lowest BCUT2D eigenvalue weighted by molar-refractivity contribution is -0.139. The number of carbonyl (C=O) groups excluding carboxylic acids is 1. The first kappa shape index (κ1) is 16.5. The van der Waals surface area contributed by atoms with Crippen LogP contribution < -0.4 is 0 Å². The molecule has 0 spiro atoms. The van der Waals surface area contributed by atoms with Gasteiger partial charge < -0.3 is 9.47 Å². The topological polar surface area (TPSA) is 69.7 Å². The van der Waals surface area contributed by atoms with Crippen LogP contribution in [-0.4, -0.2) is 32.9 Å². The smallest absolute Gasteiger partial charge is 0.337 e. The van der Waals surface area contributed by atoms with E-state index in [1.165, 1.54) is 0 Å². The molecule has 0 fully saturated rings. The summed E-state index contributed by atoms with van der Waals surface area (Å²) in [6, 6.07) is 8.24. The summed E-state index contributed by atoms with van der Waals surface area (Å²) in [4.78, 5) is 12.2. The molecule has 0 aliphatic carbocycles. The van der Waals surface area contributed by atoms with E-state index in [0.29, 0.717) is 11.3 Å². The molecule has 1 aliphatic rings. The summed E-state index contributed by atoms with van der Waals surface area (Å²) in [5.41, 5.74) is 0.426. The van der Waals surface area contributed by atoms with Crippen LogP contribution >= 0.6 is 0 Å². The maximum atomic E-state index is 12.4. The van der Waals surface area contributed by atoms with Gasteiger partial charge in [-0.1, -0.05) is 25.1 Å². The maximum Gasteiger partial charge on any atom is 0.337 e. The minimum Gasteiger partial charge on any atom is -0.493 e. The normalized spacial score (nSPS) is 21.6. The molecule has 0 unspecified atom stereocenters. The molecule has 0 saturated heterocycles. The molecule has 120 valence electrons. The fourth-order valence-corrected chi connectivity index (χ4v) is 4.11. The van der Waals surface area contributed by atoms with E-state index in [1.807, 2.05) is 0 Å². The van der Waals surface area contributed by atoms with Crippen LogP contribution in [0.5, 0.6) is 0 Å². The van der Waals surface area contributed by atoms with Crippen LogP contribution in [0.3, 0.4) is 0 Å². The van der Waals surface area contributed by atoms with Crippen LogP contribution in [-0.2, 0) is 24.1 Å². The van der Waals surface area contributed by atoms with E-state index < -0.39 is 21.9 Å². The number of rotatable bonds is 5. The van der Waals surface area contributed by atoms with Crippen LogP contribution in [0.2, 0.25) is 0 Å². The Kier molecular flexibility index (Phi) is 4.90. The number of benzene rings is 1. The highest BCUT2D eigenvalue weighted by molar-refractivity contribution is 7.91. The fourth-order valence-electron chi connectivity index (χ4n) is 2.56. The third-order valence-electron chi connectivity index (χ3n) is 3.70. The first-order chi connectivity index (χ1) is 10.4. The summed E-state index contributed by atoms with van der Waals surface area (Å²) in [6.07, 6.45) is -0.579. The molecular formula is C16H20O5S. The van der Waals surface area contributed by atoms with E-state index in [-0.39, 0.29) is 23.2 Å². The fraction of sp³-hybridized carbons (Fsp3) is 0.438. The minimum atomic E-state index is -3.47. The highest BCUT2D eigenvalue weighted by atomic mass is 32.2. The Morgan fingerprint density at radius 3 is 2.50 bits per heavy atom. The Balaban J connectivity index is 2.15. The third-order valence-corrected chi connectivity index (χ3v) is 5.46. The van der Waals surface area contributed by atoms with Crippen molar-refractivity contribution in [2.24, 2.45) is 5.92 Å². The number of hydrogen-bond donors (Lipinski definition) is 0. The molecule has 0 saturated carbocycles. The van der Waals surface area contributed by atoms with Crippen LogP contribution in [0.1, 0.15) is 20.8 Å². The van der Waals surface area contributed by atoms with E-state index in [2.05, 4.69) is 0 Å². The third kappa shape index (κ3) is 3.32. The number of ether oxygens (including phenoxy) is 2. The monoisotopic (exact) mass is 324 g/mol. The van der Waals surface area contributed by atoms with E-state index in [1.54, 1.807) is 51.1 Å².